The van der Waals surface area contributed by atoms with Gasteiger partial charge in [0.15, 0.2) is 0 Å². The second-order valence-electron chi connectivity index (χ2n) is 9.00. The molecular formula is C29H24N6O2. The second-order valence-corrected chi connectivity index (χ2v) is 9.00. The van der Waals surface area contributed by atoms with Crippen LogP contribution in [0.5, 0.6) is 0 Å². The molecular weight excluding hydrogens is 464 g/mol. The summed E-state index contributed by atoms with van der Waals surface area (Å²) < 4.78 is 0. The molecule has 8 heteroatoms. The van der Waals surface area contributed by atoms with E-state index < -0.39 is 0 Å². The second kappa shape index (κ2) is 9.66. The highest BCUT2D eigenvalue weighted by atomic mass is 16.2. The molecule has 0 unspecified atom stereocenters. The molecule has 5 heterocycles. The molecule has 2 amide bonds. The van der Waals surface area contributed by atoms with E-state index in [-0.39, 0.29) is 11.8 Å². The van der Waals surface area contributed by atoms with Crippen molar-refractivity contribution in [3.8, 4) is 22.3 Å². The zero-order valence-electron chi connectivity index (χ0n) is 20.0. The van der Waals surface area contributed by atoms with Crippen LogP contribution < -0.4 is 10.2 Å². The number of carbonyl (C=O) groups excluding carboxylic acids is 2. The highest BCUT2D eigenvalue weighted by molar-refractivity contribution is 6.02. The van der Waals surface area contributed by atoms with Gasteiger partial charge in [-0.25, -0.2) is 4.98 Å². The van der Waals surface area contributed by atoms with Crippen LogP contribution in [0.3, 0.4) is 0 Å². The Morgan fingerprint density at radius 3 is 2.51 bits per heavy atom. The van der Waals surface area contributed by atoms with E-state index in [9.17, 15) is 9.59 Å². The van der Waals surface area contributed by atoms with Crippen LogP contribution in [0, 0.1) is 0 Å². The summed E-state index contributed by atoms with van der Waals surface area (Å²) in [5.41, 5.74) is 6.81. The van der Waals surface area contributed by atoms with Crippen molar-refractivity contribution in [2.24, 2.45) is 0 Å². The predicted molar refractivity (Wildman–Crippen MR) is 142 cm³/mol. The molecule has 8 nitrogen and oxygen atoms in total. The van der Waals surface area contributed by atoms with Crippen LogP contribution in [-0.2, 0) is 11.3 Å². The summed E-state index contributed by atoms with van der Waals surface area (Å²) in [5.74, 6) is -0.0285. The average Bonchev–Trinajstić information content (AvgIpc) is 3.59. The largest absolute Gasteiger partial charge is 0.347 e. The van der Waals surface area contributed by atoms with Gasteiger partial charge in [-0.3, -0.25) is 19.6 Å². The lowest BCUT2D eigenvalue weighted by molar-refractivity contribution is -0.117. The van der Waals surface area contributed by atoms with Gasteiger partial charge in [-0.2, -0.15) is 0 Å². The van der Waals surface area contributed by atoms with Gasteiger partial charge >= 0.3 is 0 Å². The standard InChI is InChI=1S/C29H24N6O2/c36-27-2-1-13-35(27)23-5-3-20(4-6-23)21-14-22(18-31-17-21)24-9-12-32-28-25(24)15-26(34-28)29(37)33-16-19-7-10-30-11-8-19/h3-12,14-15,17-18H,1-2,13,16H2,(H,32,34)(H,33,37). The van der Waals surface area contributed by atoms with Crippen LogP contribution in [0.25, 0.3) is 33.3 Å². The number of benzene rings is 1. The van der Waals surface area contributed by atoms with Gasteiger partial charge in [0.25, 0.3) is 5.91 Å². The van der Waals surface area contributed by atoms with Crippen molar-refractivity contribution < 1.29 is 9.59 Å². The minimum Gasteiger partial charge on any atom is -0.347 e. The molecule has 182 valence electrons. The van der Waals surface area contributed by atoms with Crippen molar-refractivity contribution in [3.05, 3.63) is 96.8 Å². The van der Waals surface area contributed by atoms with Crippen LogP contribution in [0.1, 0.15) is 28.9 Å². The molecule has 0 bridgehead atoms. The van der Waals surface area contributed by atoms with E-state index >= 15 is 0 Å². The van der Waals surface area contributed by atoms with Crippen LogP contribution in [0.4, 0.5) is 5.69 Å². The molecule has 4 aromatic heterocycles. The number of anilines is 1. The monoisotopic (exact) mass is 488 g/mol. The molecule has 1 saturated heterocycles. The number of amides is 2. The van der Waals surface area contributed by atoms with Gasteiger partial charge < -0.3 is 15.2 Å². The Morgan fingerprint density at radius 2 is 1.73 bits per heavy atom. The quantitative estimate of drug-likeness (QED) is 0.359. The number of aromatic amines is 1. The van der Waals surface area contributed by atoms with Gasteiger partial charge in [0, 0.05) is 72.7 Å². The van der Waals surface area contributed by atoms with Gasteiger partial charge in [0.05, 0.1) is 0 Å². The van der Waals surface area contributed by atoms with E-state index in [1.165, 1.54) is 0 Å². The highest BCUT2D eigenvalue weighted by Crippen LogP contribution is 2.31. The van der Waals surface area contributed by atoms with Gasteiger partial charge in [0.1, 0.15) is 11.3 Å². The first-order valence-electron chi connectivity index (χ1n) is 12.2. The number of rotatable bonds is 6. The number of H-pyrrole nitrogens is 1. The minimum absolute atomic E-state index is 0.176. The topological polar surface area (TPSA) is 104 Å². The third-order valence-electron chi connectivity index (χ3n) is 6.61. The van der Waals surface area contributed by atoms with Crippen LogP contribution in [0.2, 0.25) is 0 Å². The number of fused-ring (bicyclic) bond motifs is 1. The van der Waals surface area contributed by atoms with Crippen molar-refractivity contribution in [1.82, 2.24) is 25.3 Å². The van der Waals surface area contributed by atoms with Gasteiger partial charge in [-0.15, -0.1) is 0 Å². The van der Waals surface area contributed by atoms with E-state index in [0.717, 1.165) is 51.9 Å². The fraction of sp³-hybridized carbons (Fsp3) is 0.138. The summed E-state index contributed by atoms with van der Waals surface area (Å²) in [7, 11) is 0. The van der Waals surface area contributed by atoms with Crippen LogP contribution in [0.15, 0.2) is 85.6 Å². The van der Waals surface area contributed by atoms with Gasteiger partial charge in [0.2, 0.25) is 5.91 Å². The van der Waals surface area contributed by atoms with E-state index in [4.69, 9.17) is 0 Å². The van der Waals surface area contributed by atoms with Gasteiger partial charge in [-0.1, -0.05) is 12.1 Å². The molecule has 0 atom stereocenters. The lowest BCUT2D eigenvalue weighted by Crippen LogP contribution is -2.23. The van der Waals surface area contributed by atoms with E-state index in [1.54, 1.807) is 18.6 Å². The molecule has 0 aliphatic carbocycles. The molecule has 2 N–H and O–H groups in total. The molecule has 0 spiro atoms. The SMILES string of the molecule is O=C(NCc1ccncc1)c1cc2c(-c3cncc(-c4ccc(N5CCCC5=O)cc4)c3)ccnc2[nH]1. The number of nitrogens with zero attached hydrogens (tertiary/aromatic N) is 4. The first-order chi connectivity index (χ1) is 18.2. The number of hydrogen-bond donors (Lipinski definition) is 2. The summed E-state index contributed by atoms with van der Waals surface area (Å²) in [4.78, 5) is 42.7. The molecule has 0 radical (unpaired) electrons. The Labute approximate surface area is 213 Å². The van der Waals surface area contributed by atoms with Gasteiger partial charge in [-0.05, 0) is 65.6 Å². The maximum Gasteiger partial charge on any atom is 0.268 e. The lowest BCUT2D eigenvalue weighted by atomic mass is 10.0. The lowest BCUT2D eigenvalue weighted by Gasteiger charge is -2.16. The molecule has 5 aromatic rings. The Hall–Kier alpha value is -4.85. The van der Waals surface area contributed by atoms with E-state index in [0.29, 0.717) is 24.3 Å². The normalized spacial score (nSPS) is 13.3. The molecule has 1 aliphatic rings. The third-order valence-corrected chi connectivity index (χ3v) is 6.61. The third kappa shape index (κ3) is 4.56. The van der Waals surface area contributed by atoms with Crippen molar-refractivity contribution in [2.75, 3.05) is 11.4 Å². The minimum atomic E-state index is -0.204. The molecule has 1 fully saturated rings. The summed E-state index contributed by atoms with van der Waals surface area (Å²) in [6.45, 7) is 1.18. The van der Waals surface area contributed by atoms with E-state index in [2.05, 4.69) is 31.3 Å². The summed E-state index contributed by atoms with van der Waals surface area (Å²) in [6.07, 6.45) is 10.3. The number of pyridine rings is 3. The molecule has 0 saturated carbocycles. The maximum absolute atomic E-state index is 12.8. The number of nitrogens with one attached hydrogen (secondary N) is 2. The van der Waals surface area contributed by atoms with Crippen molar-refractivity contribution in [1.29, 1.82) is 0 Å². The highest BCUT2D eigenvalue weighted by Gasteiger charge is 2.21. The van der Waals surface area contributed by atoms with Crippen LogP contribution in [-0.4, -0.2) is 38.3 Å². The van der Waals surface area contributed by atoms with Crippen molar-refractivity contribution >= 4 is 28.5 Å². The summed E-state index contributed by atoms with van der Waals surface area (Å²) >= 11 is 0. The molecule has 1 aromatic carbocycles. The zero-order chi connectivity index (χ0) is 25.2. The van der Waals surface area contributed by atoms with Crippen molar-refractivity contribution in [2.45, 2.75) is 19.4 Å². The fourth-order valence-corrected chi connectivity index (χ4v) is 4.68. The molecule has 6 rings (SSSR count). The predicted octanol–water partition coefficient (Wildman–Crippen LogP) is 4.74. The fourth-order valence-electron chi connectivity index (χ4n) is 4.68. The van der Waals surface area contributed by atoms with Crippen molar-refractivity contribution in [3.63, 3.8) is 0 Å². The number of aromatic nitrogens is 4. The van der Waals surface area contributed by atoms with E-state index in [1.807, 2.05) is 65.8 Å². The first-order valence-corrected chi connectivity index (χ1v) is 12.2. The Balaban J connectivity index is 1.26. The Morgan fingerprint density at radius 1 is 0.919 bits per heavy atom. The molecule has 37 heavy (non-hydrogen) atoms. The number of carbonyl (C=O) groups is 2. The molecule has 1 aliphatic heterocycles. The first kappa shape index (κ1) is 22.6. The zero-order valence-corrected chi connectivity index (χ0v) is 20.0. The van der Waals surface area contributed by atoms with Crippen LogP contribution >= 0.6 is 0 Å². The summed E-state index contributed by atoms with van der Waals surface area (Å²) in [6, 6.07) is 17.6. The maximum atomic E-state index is 12.8. The Kier molecular flexibility index (Phi) is 5.90. The number of hydrogen-bond acceptors (Lipinski definition) is 5. The Bertz CT molecular complexity index is 1590. The smallest absolute Gasteiger partial charge is 0.268 e. The average molecular weight is 489 g/mol. The summed E-state index contributed by atoms with van der Waals surface area (Å²) in [5, 5.41) is 3.78.